The summed E-state index contributed by atoms with van der Waals surface area (Å²) in [5.41, 5.74) is 2.68. The van der Waals surface area contributed by atoms with E-state index in [1.807, 2.05) is 31.2 Å². The molecule has 0 saturated heterocycles. The molecule has 0 aliphatic carbocycles. The van der Waals surface area contributed by atoms with Crippen molar-refractivity contribution in [2.45, 2.75) is 6.92 Å². The van der Waals surface area contributed by atoms with Gasteiger partial charge in [-0.15, -0.1) is 0 Å². The quantitative estimate of drug-likeness (QED) is 0.660. The molecule has 2 aromatic rings. The van der Waals surface area contributed by atoms with Gasteiger partial charge in [0.15, 0.2) is 11.6 Å². The second-order valence-electron chi connectivity index (χ2n) is 3.50. The molecule has 0 amide bonds. The van der Waals surface area contributed by atoms with Crippen LogP contribution >= 0.6 is 0 Å². The maximum absolute atomic E-state index is 13.0. The molecule has 0 spiro atoms. The fraction of sp³-hybridized carbons (Fsp3) is 0.0769. The Kier molecular flexibility index (Phi) is 2.50. The third kappa shape index (κ3) is 2.04. The first-order valence-corrected chi connectivity index (χ1v) is 4.69. The van der Waals surface area contributed by atoms with E-state index in [9.17, 15) is 8.78 Å². The van der Waals surface area contributed by atoms with Crippen LogP contribution in [-0.2, 0) is 0 Å². The van der Waals surface area contributed by atoms with Gasteiger partial charge in [0, 0.05) is 0 Å². The van der Waals surface area contributed by atoms with E-state index in [-0.39, 0.29) is 0 Å². The third-order valence-corrected chi connectivity index (χ3v) is 2.27. The van der Waals surface area contributed by atoms with Crippen molar-refractivity contribution in [1.82, 2.24) is 0 Å². The lowest BCUT2D eigenvalue weighted by Gasteiger charge is -2.03. The van der Waals surface area contributed by atoms with Gasteiger partial charge in [-0.3, -0.25) is 0 Å². The van der Waals surface area contributed by atoms with Crippen LogP contribution < -0.4 is 0 Å². The van der Waals surface area contributed by atoms with Gasteiger partial charge in [0.1, 0.15) is 0 Å². The van der Waals surface area contributed by atoms with Gasteiger partial charge in [0.2, 0.25) is 0 Å². The molecule has 0 heterocycles. The summed E-state index contributed by atoms with van der Waals surface area (Å²) in [6, 6.07) is 11.6. The normalized spacial score (nSPS) is 10.3. The molecule has 2 heteroatoms. The summed E-state index contributed by atoms with van der Waals surface area (Å²) in [7, 11) is 0. The van der Waals surface area contributed by atoms with Gasteiger partial charge >= 0.3 is 0 Å². The summed E-state index contributed by atoms with van der Waals surface area (Å²) in [5.74, 6) is -1.62. The molecule has 0 nitrogen and oxygen atoms in total. The van der Waals surface area contributed by atoms with Crippen molar-refractivity contribution < 1.29 is 8.78 Å². The predicted molar refractivity (Wildman–Crippen MR) is 56.5 cm³/mol. The van der Waals surface area contributed by atoms with Gasteiger partial charge in [-0.05, 0) is 30.2 Å². The molecule has 15 heavy (non-hydrogen) atoms. The zero-order valence-corrected chi connectivity index (χ0v) is 8.30. The standard InChI is InChI=1S/C13H10F2/c1-9-3-2-4-10(7-9)11-5-6-12(14)13(15)8-11/h2-8H,1H3. The molecule has 0 bridgehead atoms. The maximum atomic E-state index is 13.0. The van der Waals surface area contributed by atoms with Crippen LogP contribution in [0, 0.1) is 18.6 Å². The van der Waals surface area contributed by atoms with E-state index in [2.05, 4.69) is 0 Å². The smallest absolute Gasteiger partial charge is 0.159 e. The first kappa shape index (κ1) is 9.84. The van der Waals surface area contributed by atoms with Crippen LogP contribution in [0.25, 0.3) is 11.1 Å². The van der Waals surface area contributed by atoms with Gasteiger partial charge in [-0.1, -0.05) is 35.9 Å². The second-order valence-corrected chi connectivity index (χ2v) is 3.50. The van der Waals surface area contributed by atoms with Crippen LogP contribution in [0.3, 0.4) is 0 Å². The minimum absolute atomic E-state index is 0.692. The predicted octanol–water partition coefficient (Wildman–Crippen LogP) is 3.94. The number of benzene rings is 2. The molecule has 0 unspecified atom stereocenters. The van der Waals surface area contributed by atoms with Crippen molar-refractivity contribution >= 4 is 0 Å². The Morgan fingerprint density at radius 3 is 2.20 bits per heavy atom. The zero-order valence-electron chi connectivity index (χ0n) is 8.30. The van der Waals surface area contributed by atoms with Crippen LogP contribution in [0.5, 0.6) is 0 Å². The van der Waals surface area contributed by atoms with E-state index in [0.717, 1.165) is 17.2 Å². The number of aryl methyl sites for hydroxylation is 1. The summed E-state index contributed by atoms with van der Waals surface area (Å²) < 4.78 is 25.7. The molecule has 0 radical (unpaired) electrons. The average Bonchev–Trinajstić information content (AvgIpc) is 2.22. The largest absolute Gasteiger partial charge is 0.204 e. The molecular formula is C13H10F2. The number of halogens is 2. The molecule has 76 valence electrons. The van der Waals surface area contributed by atoms with Gasteiger partial charge in [0.05, 0.1) is 0 Å². The summed E-state index contributed by atoms with van der Waals surface area (Å²) in [5, 5.41) is 0. The van der Waals surface area contributed by atoms with Crippen LogP contribution in [-0.4, -0.2) is 0 Å². The van der Waals surface area contributed by atoms with Crippen molar-refractivity contribution in [3.05, 3.63) is 59.7 Å². The molecule has 0 aliphatic heterocycles. The first-order valence-electron chi connectivity index (χ1n) is 4.69. The molecule has 0 aromatic heterocycles. The highest BCUT2D eigenvalue weighted by molar-refractivity contribution is 5.64. The molecule has 0 aliphatic rings. The summed E-state index contributed by atoms with van der Waals surface area (Å²) in [4.78, 5) is 0. The minimum Gasteiger partial charge on any atom is -0.204 e. The Labute approximate surface area is 87.2 Å². The molecule has 0 saturated carbocycles. The molecular weight excluding hydrogens is 194 g/mol. The topological polar surface area (TPSA) is 0 Å². The highest BCUT2D eigenvalue weighted by Gasteiger charge is 2.03. The number of rotatable bonds is 1. The van der Waals surface area contributed by atoms with E-state index < -0.39 is 11.6 Å². The maximum Gasteiger partial charge on any atom is 0.159 e. The van der Waals surface area contributed by atoms with Crippen LogP contribution in [0.1, 0.15) is 5.56 Å². The minimum atomic E-state index is -0.814. The second kappa shape index (κ2) is 3.81. The Balaban J connectivity index is 2.50. The lowest BCUT2D eigenvalue weighted by Crippen LogP contribution is -1.85. The van der Waals surface area contributed by atoms with E-state index in [0.29, 0.717) is 5.56 Å². The molecule has 2 aromatic carbocycles. The van der Waals surface area contributed by atoms with Crippen LogP contribution in [0.15, 0.2) is 42.5 Å². The van der Waals surface area contributed by atoms with Crippen molar-refractivity contribution in [1.29, 1.82) is 0 Å². The van der Waals surface area contributed by atoms with Crippen molar-refractivity contribution in [2.24, 2.45) is 0 Å². The first-order chi connectivity index (χ1) is 7.16. The zero-order chi connectivity index (χ0) is 10.8. The summed E-state index contributed by atoms with van der Waals surface area (Å²) in [6.07, 6.45) is 0. The molecule has 0 fully saturated rings. The van der Waals surface area contributed by atoms with Crippen LogP contribution in [0.4, 0.5) is 8.78 Å². The van der Waals surface area contributed by atoms with Gasteiger partial charge in [0.25, 0.3) is 0 Å². The lowest BCUT2D eigenvalue weighted by molar-refractivity contribution is 0.509. The number of hydrogen-bond donors (Lipinski definition) is 0. The Morgan fingerprint density at radius 1 is 0.800 bits per heavy atom. The molecule has 2 rings (SSSR count). The average molecular weight is 204 g/mol. The lowest BCUT2D eigenvalue weighted by atomic mass is 10.0. The van der Waals surface area contributed by atoms with Crippen molar-refractivity contribution in [3.63, 3.8) is 0 Å². The third-order valence-electron chi connectivity index (χ3n) is 2.27. The number of hydrogen-bond acceptors (Lipinski definition) is 0. The van der Waals surface area contributed by atoms with Crippen LogP contribution in [0.2, 0.25) is 0 Å². The van der Waals surface area contributed by atoms with Gasteiger partial charge in [-0.2, -0.15) is 0 Å². The van der Waals surface area contributed by atoms with E-state index in [1.165, 1.54) is 6.07 Å². The van der Waals surface area contributed by atoms with E-state index >= 15 is 0 Å². The Bertz CT molecular complexity index is 490. The van der Waals surface area contributed by atoms with E-state index in [4.69, 9.17) is 0 Å². The summed E-state index contributed by atoms with van der Waals surface area (Å²) in [6.45, 7) is 1.96. The molecule has 0 N–H and O–H groups in total. The van der Waals surface area contributed by atoms with E-state index in [1.54, 1.807) is 6.07 Å². The highest BCUT2D eigenvalue weighted by Crippen LogP contribution is 2.22. The molecule has 0 atom stereocenters. The summed E-state index contributed by atoms with van der Waals surface area (Å²) >= 11 is 0. The van der Waals surface area contributed by atoms with Crippen molar-refractivity contribution in [3.8, 4) is 11.1 Å². The van der Waals surface area contributed by atoms with Gasteiger partial charge in [-0.25, -0.2) is 8.78 Å². The van der Waals surface area contributed by atoms with Gasteiger partial charge < -0.3 is 0 Å². The SMILES string of the molecule is Cc1cccc(-c2ccc(F)c(F)c2)c1. The Hall–Kier alpha value is -1.70. The monoisotopic (exact) mass is 204 g/mol. The van der Waals surface area contributed by atoms with Crippen molar-refractivity contribution in [2.75, 3.05) is 0 Å². The fourth-order valence-corrected chi connectivity index (χ4v) is 1.50. The highest BCUT2D eigenvalue weighted by atomic mass is 19.2. The Morgan fingerprint density at radius 2 is 1.53 bits per heavy atom. The fourth-order valence-electron chi connectivity index (χ4n) is 1.50.